The summed E-state index contributed by atoms with van der Waals surface area (Å²) in [7, 11) is 0. The average Bonchev–Trinajstić information content (AvgIpc) is 2.85. The molecule has 1 N–H and O–H groups in total. The van der Waals surface area contributed by atoms with E-state index in [2.05, 4.69) is 17.4 Å². The zero-order valence-electron chi connectivity index (χ0n) is 11.7. The highest BCUT2D eigenvalue weighted by atomic mass is 16.5. The van der Waals surface area contributed by atoms with Crippen molar-refractivity contribution in [3.63, 3.8) is 0 Å². The van der Waals surface area contributed by atoms with Crippen LogP contribution in [-0.2, 0) is 0 Å². The first kappa shape index (κ1) is 14.1. The molecule has 1 amide bonds. The van der Waals surface area contributed by atoms with Gasteiger partial charge in [0, 0.05) is 11.6 Å². The summed E-state index contributed by atoms with van der Waals surface area (Å²) in [4.78, 5) is 12.1. The number of anilines is 1. The molecule has 0 bridgehead atoms. The Morgan fingerprint density at radius 3 is 2.95 bits per heavy atom. The van der Waals surface area contributed by atoms with Gasteiger partial charge in [-0.3, -0.25) is 4.79 Å². The summed E-state index contributed by atoms with van der Waals surface area (Å²) in [6.45, 7) is 4.53. The Bertz CT molecular complexity index is 578. The second-order valence-electron chi connectivity index (χ2n) is 4.51. The smallest absolute Gasteiger partial charge is 0.257 e. The number of nitrogens with one attached hydrogen (secondary N) is 1. The van der Waals surface area contributed by atoms with Crippen molar-refractivity contribution in [3.05, 3.63) is 41.7 Å². The monoisotopic (exact) mass is 274 g/mol. The number of aromatic nitrogens is 1. The van der Waals surface area contributed by atoms with Gasteiger partial charge in [0.05, 0.1) is 6.61 Å². The van der Waals surface area contributed by atoms with Gasteiger partial charge in [-0.25, -0.2) is 0 Å². The van der Waals surface area contributed by atoms with Crippen LogP contribution in [0.15, 0.2) is 34.9 Å². The van der Waals surface area contributed by atoms with E-state index in [0.29, 0.717) is 29.5 Å². The van der Waals surface area contributed by atoms with Crippen LogP contribution in [-0.4, -0.2) is 17.7 Å². The summed E-state index contributed by atoms with van der Waals surface area (Å²) >= 11 is 0. The molecule has 0 aliphatic heterocycles. The quantitative estimate of drug-likeness (QED) is 0.820. The molecule has 2 rings (SSSR count). The average molecular weight is 274 g/mol. The summed E-state index contributed by atoms with van der Waals surface area (Å²) in [5.74, 6) is 1.52. The molecule has 0 aliphatic rings. The summed E-state index contributed by atoms with van der Waals surface area (Å²) in [6, 6.07) is 8.75. The summed E-state index contributed by atoms with van der Waals surface area (Å²) < 4.78 is 10.5. The Labute approximate surface area is 117 Å². The lowest BCUT2D eigenvalue weighted by molar-refractivity contribution is 0.102. The third-order valence-electron chi connectivity index (χ3n) is 2.73. The number of hydrogen-bond acceptors (Lipinski definition) is 4. The molecule has 1 aromatic carbocycles. The van der Waals surface area contributed by atoms with Crippen molar-refractivity contribution in [2.45, 2.75) is 26.7 Å². The lowest BCUT2D eigenvalue weighted by Gasteiger charge is -2.07. The lowest BCUT2D eigenvalue weighted by Crippen LogP contribution is -2.12. The first-order chi connectivity index (χ1) is 9.69. The molecule has 106 valence electrons. The van der Waals surface area contributed by atoms with Crippen LogP contribution < -0.4 is 10.1 Å². The highest BCUT2D eigenvalue weighted by Crippen LogP contribution is 2.15. The van der Waals surface area contributed by atoms with Gasteiger partial charge in [0.1, 0.15) is 11.5 Å². The maximum atomic E-state index is 12.1. The maximum absolute atomic E-state index is 12.1. The second kappa shape index (κ2) is 6.75. The molecule has 0 atom stereocenters. The van der Waals surface area contributed by atoms with E-state index >= 15 is 0 Å². The molecule has 2 aromatic rings. The minimum Gasteiger partial charge on any atom is -0.494 e. The molecular formula is C15H18N2O3. The fourth-order valence-electron chi connectivity index (χ4n) is 1.68. The second-order valence-corrected chi connectivity index (χ2v) is 4.51. The minimum absolute atomic E-state index is 0.237. The topological polar surface area (TPSA) is 64.4 Å². The van der Waals surface area contributed by atoms with Crippen molar-refractivity contribution in [1.82, 2.24) is 5.16 Å². The van der Waals surface area contributed by atoms with Gasteiger partial charge in [-0.1, -0.05) is 24.6 Å². The molecule has 0 spiro atoms. The molecule has 0 fully saturated rings. The van der Waals surface area contributed by atoms with Gasteiger partial charge in [-0.05, 0) is 31.5 Å². The van der Waals surface area contributed by atoms with Crippen LogP contribution in [0.25, 0.3) is 0 Å². The van der Waals surface area contributed by atoms with Gasteiger partial charge < -0.3 is 14.6 Å². The van der Waals surface area contributed by atoms with Crippen molar-refractivity contribution in [3.8, 4) is 5.75 Å². The number of benzene rings is 1. The maximum Gasteiger partial charge on any atom is 0.257 e. The first-order valence-corrected chi connectivity index (χ1v) is 6.66. The van der Waals surface area contributed by atoms with Crippen LogP contribution in [0.1, 0.15) is 35.9 Å². The Morgan fingerprint density at radius 1 is 1.40 bits per heavy atom. The summed E-state index contributed by atoms with van der Waals surface area (Å²) in [5, 5.41) is 6.40. The Hall–Kier alpha value is -2.30. The van der Waals surface area contributed by atoms with Crippen LogP contribution in [0.4, 0.5) is 5.82 Å². The highest BCUT2D eigenvalue weighted by Gasteiger charge is 2.09. The van der Waals surface area contributed by atoms with E-state index in [1.807, 2.05) is 6.07 Å². The molecular weight excluding hydrogens is 256 g/mol. The van der Waals surface area contributed by atoms with Crippen molar-refractivity contribution in [2.75, 3.05) is 11.9 Å². The highest BCUT2D eigenvalue weighted by molar-refractivity contribution is 6.03. The predicted octanol–water partition coefficient (Wildman–Crippen LogP) is 3.41. The van der Waals surface area contributed by atoms with E-state index in [4.69, 9.17) is 9.26 Å². The molecule has 0 radical (unpaired) electrons. The van der Waals surface area contributed by atoms with Gasteiger partial charge in [0.2, 0.25) is 0 Å². The first-order valence-electron chi connectivity index (χ1n) is 6.66. The van der Waals surface area contributed by atoms with Crippen molar-refractivity contribution in [2.24, 2.45) is 0 Å². The number of hydrogen-bond donors (Lipinski definition) is 1. The number of rotatable bonds is 6. The van der Waals surface area contributed by atoms with Crippen molar-refractivity contribution < 1.29 is 14.1 Å². The van der Waals surface area contributed by atoms with Crippen LogP contribution in [0, 0.1) is 6.92 Å². The molecule has 5 heteroatoms. The number of amides is 1. The fourth-order valence-corrected chi connectivity index (χ4v) is 1.68. The third kappa shape index (κ3) is 3.85. The minimum atomic E-state index is -0.237. The molecule has 1 heterocycles. The number of nitrogens with zero attached hydrogens (tertiary/aromatic N) is 1. The van der Waals surface area contributed by atoms with Crippen molar-refractivity contribution >= 4 is 11.7 Å². The molecule has 20 heavy (non-hydrogen) atoms. The zero-order chi connectivity index (χ0) is 14.4. The SMILES string of the molecule is CCCCOc1cccc(C(=O)Nc2cc(C)on2)c1. The zero-order valence-corrected chi connectivity index (χ0v) is 11.7. The molecule has 0 unspecified atom stereocenters. The number of unbranched alkanes of at least 4 members (excludes halogenated alkanes) is 1. The van der Waals surface area contributed by atoms with Gasteiger partial charge in [0.25, 0.3) is 5.91 Å². The van der Waals surface area contributed by atoms with E-state index in [0.717, 1.165) is 12.8 Å². The van der Waals surface area contributed by atoms with Crippen LogP contribution in [0.5, 0.6) is 5.75 Å². The molecule has 1 aromatic heterocycles. The summed E-state index contributed by atoms with van der Waals surface area (Å²) in [5.41, 5.74) is 0.527. The standard InChI is InChI=1S/C15H18N2O3/c1-3-4-8-19-13-7-5-6-12(10-13)15(18)16-14-9-11(2)20-17-14/h5-7,9-10H,3-4,8H2,1-2H3,(H,16,17,18). The summed E-state index contributed by atoms with van der Waals surface area (Å²) in [6.07, 6.45) is 2.07. The van der Waals surface area contributed by atoms with Gasteiger partial charge >= 0.3 is 0 Å². The molecule has 0 saturated carbocycles. The van der Waals surface area contributed by atoms with Crippen molar-refractivity contribution in [1.29, 1.82) is 0 Å². The lowest BCUT2D eigenvalue weighted by atomic mass is 10.2. The van der Waals surface area contributed by atoms with Crippen LogP contribution >= 0.6 is 0 Å². The number of aryl methyl sites for hydroxylation is 1. The van der Waals surface area contributed by atoms with E-state index in [9.17, 15) is 4.79 Å². The van der Waals surface area contributed by atoms with E-state index < -0.39 is 0 Å². The number of carbonyl (C=O) groups excluding carboxylic acids is 1. The van der Waals surface area contributed by atoms with Gasteiger partial charge in [-0.15, -0.1) is 0 Å². The molecule has 0 aliphatic carbocycles. The molecule has 5 nitrogen and oxygen atoms in total. The van der Waals surface area contributed by atoms with Gasteiger partial charge in [0.15, 0.2) is 5.82 Å². The Kier molecular flexibility index (Phi) is 4.76. The third-order valence-corrected chi connectivity index (χ3v) is 2.73. The van der Waals surface area contributed by atoms with Crippen LogP contribution in [0.3, 0.4) is 0 Å². The van der Waals surface area contributed by atoms with E-state index in [1.54, 1.807) is 31.2 Å². The van der Waals surface area contributed by atoms with Gasteiger partial charge in [-0.2, -0.15) is 0 Å². The Morgan fingerprint density at radius 2 is 2.25 bits per heavy atom. The molecule has 0 saturated heterocycles. The normalized spacial score (nSPS) is 10.3. The predicted molar refractivity (Wildman–Crippen MR) is 76.0 cm³/mol. The van der Waals surface area contributed by atoms with E-state index in [1.165, 1.54) is 0 Å². The fraction of sp³-hybridized carbons (Fsp3) is 0.333. The number of carbonyl (C=O) groups is 1. The number of ether oxygens (including phenoxy) is 1. The Balaban J connectivity index is 2.00. The largest absolute Gasteiger partial charge is 0.494 e. The van der Waals surface area contributed by atoms with E-state index in [-0.39, 0.29) is 5.91 Å². The van der Waals surface area contributed by atoms with Crippen LogP contribution in [0.2, 0.25) is 0 Å².